The molecule has 2 aromatic carbocycles. The average Bonchev–Trinajstić information content (AvgIpc) is 2.60. The number of nitrogens with one attached hydrogen (secondary N) is 1. The fourth-order valence-electron chi connectivity index (χ4n) is 2.08. The Morgan fingerprint density at radius 3 is 2.29 bits per heavy atom. The molecule has 24 heavy (non-hydrogen) atoms. The number of rotatable bonds is 6. The van der Waals surface area contributed by atoms with Crippen molar-refractivity contribution >= 4 is 35.6 Å². The molecule has 2 rings (SSSR count). The van der Waals surface area contributed by atoms with Gasteiger partial charge in [-0.1, -0.05) is 18.2 Å². The fraction of sp³-hybridized carbons (Fsp3) is 0.235. The summed E-state index contributed by atoms with van der Waals surface area (Å²) >= 11 is 0. The molecule has 0 saturated heterocycles. The number of guanidine groups is 1. The average molecular weight is 443 g/mol. The highest BCUT2D eigenvalue weighted by Crippen LogP contribution is 2.28. The van der Waals surface area contributed by atoms with E-state index in [9.17, 15) is 0 Å². The monoisotopic (exact) mass is 443 g/mol. The van der Waals surface area contributed by atoms with Gasteiger partial charge in [0.05, 0.1) is 33.6 Å². The van der Waals surface area contributed by atoms with E-state index in [4.69, 9.17) is 19.9 Å². The molecule has 3 N–H and O–H groups in total. The van der Waals surface area contributed by atoms with Crippen molar-refractivity contribution < 1.29 is 14.2 Å². The van der Waals surface area contributed by atoms with Gasteiger partial charge in [-0.25, -0.2) is 4.99 Å². The maximum atomic E-state index is 5.93. The zero-order valence-corrected chi connectivity index (χ0v) is 16.2. The molecular formula is C17H22IN3O3. The van der Waals surface area contributed by atoms with Crippen molar-refractivity contribution in [1.29, 1.82) is 0 Å². The third kappa shape index (κ3) is 5.19. The third-order valence-corrected chi connectivity index (χ3v) is 3.25. The number of ether oxygens (including phenoxy) is 3. The van der Waals surface area contributed by atoms with Crippen molar-refractivity contribution in [3.63, 3.8) is 0 Å². The second kappa shape index (κ2) is 9.86. The lowest BCUT2D eigenvalue weighted by Crippen LogP contribution is -2.22. The largest absolute Gasteiger partial charge is 0.495 e. The lowest BCUT2D eigenvalue weighted by atomic mass is 10.2. The molecule has 6 nitrogen and oxygen atoms in total. The van der Waals surface area contributed by atoms with E-state index in [1.165, 1.54) is 0 Å². The zero-order valence-electron chi connectivity index (χ0n) is 13.9. The van der Waals surface area contributed by atoms with Gasteiger partial charge >= 0.3 is 0 Å². The minimum absolute atomic E-state index is 0. The zero-order chi connectivity index (χ0) is 16.7. The molecule has 130 valence electrons. The molecule has 0 unspecified atom stereocenters. The second-order valence-corrected chi connectivity index (χ2v) is 4.72. The van der Waals surface area contributed by atoms with Crippen molar-refractivity contribution in [1.82, 2.24) is 0 Å². The molecule has 0 heterocycles. The molecule has 0 radical (unpaired) electrons. The molecule has 0 aliphatic heterocycles. The topological polar surface area (TPSA) is 78.1 Å². The smallest absolute Gasteiger partial charge is 0.193 e. The van der Waals surface area contributed by atoms with Crippen molar-refractivity contribution in [3.8, 4) is 17.2 Å². The number of nitrogens with two attached hydrogens (primary N) is 1. The number of benzene rings is 2. The van der Waals surface area contributed by atoms with E-state index in [2.05, 4.69) is 10.3 Å². The van der Waals surface area contributed by atoms with Crippen molar-refractivity contribution in [2.45, 2.75) is 6.54 Å². The third-order valence-electron chi connectivity index (χ3n) is 3.25. The van der Waals surface area contributed by atoms with Crippen LogP contribution in [0.25, 0.3) is 0 Å². The standard InChI is InChI=1S/C17H21N3O3.HI/c1-21-14-7-5-4-6-13(14)20-17(18)19-11-12-8-9-15(22-2)16(10-12)23-3;/h4-10H,11H2,1-3H3,(H3,18,19,20);1H. The Morgan fingerprint density at radius 2 is 1.62 bits per heavy atom. The highest BCUT2D eigenvalue weighted by molar-refractivity contribution is 14.0. The summed E-state index contributed by atoms with van der Waals surface area (Å²) in [5.41, 5.74) is 7.66. The van der Waals surface area contributed by atoms with Crippen LogP contribution in [-0.2, 0) is 6.54 Å². The van der Waals surface area contributed by atoms with E-state index in [0.717, 1.165) is 11.3 Å². The van der Waals surface area contributed by atoms with Gasteiger partial charge in [0.2, 0.25) is 0 Å². The first kappa shape index (κ1) is 19.9. The van der Waals surface area contributed by atoms with Gasteiger partial charge in [-0.2, -0.15) is 0 Å². The van der Waals surface area contributed by atoms with E-state index >= 15 is 0 Å². The van der Waals surface area contributed by atoms with Crippen LogP contribution < -0.4 is 25.3 Å². The quantitative estimate of drug-likeness (QED) is 0.407. The number of hydrogen-bond donors (Lipinski definition) is 2. The van der Waals surface area contributed by atoms with Crippen LogP contribution >= 0.6 is 24.0 Å². The van der Waals surface area contributed by atoms with Gasteiger partial charge in [-0.15, -0.1) is 24.0 Å². The SMILES string of the molecule is COc1ccccc1NC(N)=NCc1ccc(OC)c(OC)c1.I. The van der Waals surface area contributed by atoms with E-state index in [-0.39, 0.29) is 24.0 Å². The van der Waals surface area contributed by atoms with E-state index in [0.29, 0.717) is 29.8 Å². The second-order valence-electron chi connectivity index (χ2n) is 4.72. The van der Waals surface area contributed by atoms with Gasteiger partial charge in [0.25, 0.3) is 0 Å². The first-order valence-electron chi connectivity index (χ1n) is 7.08. The Bertz CT molecular complexity index is 693. The fourth-order valence-corrected chi connectivity index (χ4v) is 2.08. The lowest BCUT2D eigenvalue weighted by molar-refractivity contribution is 0.354. The van der Waals surface area contributed by atoms with E-state index < -0.39 is 0 Å². The Labute approximate surface area is 159 Å². The van der Waals surface area contributed by atoms with Crippen LogP contribution in [0.15, 0.2) is 47.5 Å². The molecule has 0 fully saturated rings. The van der Waals surface area contributed by atoms with Crippen molar-refractivity contribution in [3.05, 3.63) is 48.0 Å². The molecule has 0 amide bonds. The van der Waals surface area contributed by atoms with Crippen LogP contribution in [0.2, 0.25) is 0 Å². The van der Waals surface area contributed by atoms with Gasteiger partial charge in [0.1, 0.15) is 5.75 Å². The summed E-state index contributed by atoms with van der Waals surface area (Å²) < 4.78 is 15.7. The molecule has 0 aliphatic rings. The van der Waals surface area contributed by atoms with Crippen molar-refractivity contribution in [2.75, 3.05) is 26.6 Å². The number of halogens is 1. The summed E-state index contributed by atoms with van der Waals surface area (Å²) in [6, 6.07) is 13.1. The number of anilines is 1. The summed E-state index contributed by atoms with van der Waals surface area (Å²) in [5.74, 6) is 2.36. The molecule has 0 aromatic heterocycles. The van der Waals surface area contributed by atoms with Gasteiger partial charge < -0.3 is 25.3 Å². The van der Waals surface area contributed by atoms with E-state index in [1.54, 1.807) is 21.3 Å². The first-order valence-corrected chi connectivity index (χ1v) is 7.08. The molecule has 0 spiro atoms. The Kier molecular flexibility index (Phi) is 8.17. The predicted molar refractivity (Wildman–Crippen MR) is 107 cm³/mol. The Hall–Kier alpha value is -2.16. The van der Waals surface area contributed by atoms with Gasteiger partial charge in [-0.3, -0.25) is 0 Å². The molecule has 0 saturated carbocycles. The summed E-state index contributed by atoms with van der Waals surface area (Å²) in [4.78, 5) is 4.33. The van der Waals surface area contributed by atoms with Crippen LogP contribution in [0.4, 0.5) is 5.69 Å². The van der Waals surface area contributed by atoms with Gasteiger partial charge in [0, 0.05) is 0 Å². The minimum atomic E-state index is 0. The van der Waals surface area contributed by atoms with E-state index in [1.807, 2.05) is 42.5 Å². The molecule has 0 aliphatic carbocycles. The summed E-state index contributed by atoms with van der Waals surface area (Å²) in [6.45, 7) is 0.425. The van der Waals surface area contributed by atoms with Crippen LogP contribution in [0, 0.1) is 0 Å². The molecule has 2 aromatic rings. The summed E-state index contributed by atoms with van der Waals surface area (Å²) in [6.07, 6.45) is 0. The Balaban J connectivity index is 0.00000288. The van der Waals surface area contributed by atoms with Crippen LogP contribution in [0.3, 0.4) is 0 Å². The number of methoxy groups -OCH3 is 3. The lowest BCUT2D eigenvalue weighted by Gasteiger charge is -2.11. The maximum absolute atomic E-state index is 5.93. The van der Waals surface area contributed by atoms with Gasteiger partial charge in [0.15, 0.2) is 17.5 Å². The van der Waals surface area contributed by atoms with Crippen LogP contribution in [0.1, 0.15) is 5.56 Å². The van der Waals surface area contributed by atoms with Crippen LogP contribution in [0.5, 0.6) is 17.2 Å². The Morgan fingerprint density at radius 1 is 0.958 bits per heavy atom. The number of hydrogen-bond acceptors (Lipinski definition) is 4. The minimum Gasteiger partial charge on any atom is -0.495 e. The first-order chi connectivity index (χ1) is 11.2. The number of nitrogens with zero attached hydrogens (tertiary/aromatic N) is 1. The molecule has 0 atom stereocenters. The van der Waals surface area contributed by atoms with Crippen LogP contribution in [-0.4, -0.2) is 27.3 Å². The highest BCUT2D eigenvalue weighted by Gasteiger charge is 2.05. The molecular weight excluding hydrogens is 421 g/mol. The normalized spacial score (nSPS) is 10.5. The van der Waals surface area contributed by atoms with Gasteiger partial charge in [-0.05, 0) is 29.8 Å². The maximum Gasteiger partial charge on any atom is 0.193 e. The number of aliphatic imine (C=N–C) groups is 1. The summed E-state index contributed by atoms with van der Waals surface area (Å²) in [7, 11) is 4.81. The summed E-state index contributed by atoms with van der Waals surface area (Å²) in [5, 5.41) is 3.03. The number of para-hydroxylation sites is 2. The predicted octanol–water partition coefficient (Wildman–Crippen LogP) is 3.26. The van der Waals surface area contributed by atoms with Crippen molar-refractivity contribution in [2.24, 2.45) is 10.7 Å². The highest BCUT2D eigenvalue weighted by atomic mass is 127. The molecule has 0 bridgehead atoms. The molecule has 7 heteroatoms.